The van der Waals surface area contributed by atoms with Gasteiger partial charge in [0.25, 0.3) is 0 Å². The Morgan fingerprint density at radius 1 is 0.895 bits per heavy atom. The molecule has 0 aliphatic carbocycles. The third-order valence-corrected chi connectivity index (χ3v) is 3.75. The Balaban J connectivity index is 1.94. The van der Waals surface area contributed by atoms with Gasteiger partial charge >= 0.3 is 0 Å². The SMILES string of the molecule is Cc1ccccc1C(C)NCC(C)c1ccccc1. The van der Waals surface area contributed by atoms with Gasteiger partial charge in [-0.25, -0.2) is 0 Å². The van der Waals surface area contributed by atoms with Gasteiger partial charge in [0.2, 0.25) is 0 Å². The zero-order valence-electron chi connectivity index (χ0n) is 12.1. The molecule has 0 heterocycles. The molecule has 1 heteroatoms. The van der Waals surface area contributed by atoms with Crippen LogP contribution in [0.15, 0.2) is 54.6 Å². The molecule has 100 valence electrons. The van der Waals surface area contributed by atoms with Crippen molar-refractivity contribution in [2.45, 2.75) is 32.7 Å². The Bertz CT molecular complexity index is 504. The zero-order valence-corrected chi connectivity index (χ0v) is 12.1. The molecule has 1 N–H and O–H groups in total. The van der Waals surface area contributed by atoms with E-state index < -0.39 is 0 Å². The van der Waals surface area contributed by atoms with Crippen molar-refractivity contribution in [3.63, 3.8) is 0 Å². The van der Waals surface area contributed by atoms with Gasteiger partial charge in [0.15, 0.2) is 0 Å². The van der Waals surface area contributed by atoms with Crippen LogP contribution in [0.1, 0.15) is 42.5 Å². The standard InChI is InChI=1S/C18H23N/c1-14-9-7-8-12-18(14)16(3)19-13-15(2)17-10-5-4-6-11-17/h4-12,15-16,19H,13H2,1-3H3. The predicted octanol–water partition coefficient (Wildman–Crippen LogP) is 4.45. The van der Waals surface area contributed by atoms with E-state index in [2.05, 4.69) is 80.7 Å². The second-order valence-corrected chi connectivity index (χ2v) is 5.30. The first-order valence-corrected chi connectivity index (χ1v) is 7.02. The number of hydrogen-bond acceptors (Lipinski definition) is 1. The largest absolute Gasteiger partial charge is 0.310 e. The summed E-state index contributed by atoms with van der Waals surface area (Å²) in [5.74, 6) is 0.535. The lowest BCUT2D eigenvalue weighted by Crippen LogP contribution is -2.24. The van der Waals surface area contributed by atoms with Crippen LogP contribution in [-0.2, 0) is 0 Å². The van der Waals surface area contributed by atoms with Crippen molar-refractivity contribution in [3.05, 3.63) is 71.3 Å². The highest BCUT2D eigenvalue weighted by atomic mass is 14.9. The summed E-state index contributed by atoms with van der Waals surface area (Å²) in [4.78, 5) is 0. The molecule has 2 rings (SSSR count). The van der Waals surface area contributed by atoms with Gasteiger partial charge in [0.05, 0.1) is 0 Å². The second-order valence-electron chi connectivity index (χ2n) is 5.30. The smallest absolute Gasteiger partial charge is 0.0294 e. The molecule has 0 saturated carbocycles. The van der Waals surface area contributed by atoms with Crippen LogP contribution in [0, 0.1) is 6.92 Å². The first-order chi connectivity index (χ1) is 9.18. The molecule has 0 aromatic heterocycles. The number of rotatable bonds is 5. The predicted molar refractivity (Wildman–Crippen MR) is 82.5 cm³/mol. The van der Waals surface area contributed by atoms with Crippen LogP contribution in [0.25, 0.3) is 0 Å². The monoisotopic (exact) mass is 253 g/mol. The normalized spacial score (nSPS) is 14.1. The number of aryl methyl sites for hydroxylation is 1. The summed E-state index contributed by atoms with van der Waals surface area (Å²) in [5, 5.41) is 3.64. The van der Waals surface area contributed by atoms with Crippen LogP contribution >= 0.6 is 0 Å². The molecule has 0 bridgehead atoms. The Morgan fingerprint density at radius 3 is 2.21 bits per heavy atom. The van der Waals surface area contributed by atoms with E-state index in [-0.39, 0.29) is 0 Å². The highest BCUT2D eigenvalue weighted by Crippen LogP contribution is 2.19. The van der Waals surface area contributed by atoms with Crippen molar-refractivity contribution in [1.29, 1.82) is 0 Å². The van der Waals surface area contributed by atoms with E-state index in [0.29, 0.717) is 12.0 Å². The van der Waals surface area contributed by atoms with E-state index >= 15 is 0 Å². The summed E-state index contributed by atoms with van der Waals surface area (Å²) in [6, 6.07) is 19.7. The highest BCUT2D eigenvalue weighted by Gasteiger charge is 2.10. The first-order valence-electron chi connectivity index (χ1n) is 7.02. The Hall–Kier alpha value is -1.60. The lowest BCUT2D eigenvalue weighted by atomic mass is 9.99. The maximum Gasteiger partial charge on any atom is 0.0294 e. The van der Waals surface area contributed by atoms with Gasteiger partial charge in [0.1, 0.15) is 0 Å². The van der Waals surface area contributed by atoms with Crippen molar-refractivity contribution in [2.75, 3.05) is 6.54 Å². The fourth-order valence-corrected chi connectivity index (χ4v) is 2.44. The summed E-state index contributed by atoms with van der Waals surface area (Å²) in [6.07, 6.45) is 0. The van der Waals surface area contributed by atoms with E-state index in [0.717, 1.165) is 6.54 Å². The van der Waals surface area contributed by atoms with Crippen molar-refractivity contribution in [2.24, 2.45) is 0 Å². The van der Waals surface area contributed by atoms with Gasteiger partial charge in [-0.2, -0.15) is 0 Å². The topological polar surface area (TPSA) is 12.0 Å². The van der Waals surface area contributed by atoms with Gasteiger partial charge < -0.3 is 5.32 Å². The third-order valence-electron chi connectivity index (χ3n) is 3.75. The number of nitrogens with one attached hydrogen (secondary N) is 1. The Morgan fingerprint density at radius 2 is 1.53 bits per heavy atom. The molecular formula is C18H23N. The maximum absolute atomic E-state index is 3.64. The minimum Gasteiger partial charge on any atom is -0.310 e. The summed E-state index contributed by atoms with van der Waals surface area (Å²) in [6.45, 7) is 7.68. The van der Waals surface area contributed by atoms with E-state index in [1.807, 2.05) is 0 Å². The lowest BCUT2D eigenvalue weighted by Gasteiger charge is -2.20. The van der Waals surface area contributed by atoms with Crippen LogP contribution in [0.5, 0.6) is 0 Å². The molecule has 2 unspecified atom stereocenters. The van der Waals surface area contributed by atoms with Crippen molar-refractivity contribution in [1.82, 2.24) is 5.32 Å². The van der Waals surface area contributed by atoms with Gasteiger partial charge in [-0.15, -0.1) is 0 Å². The molecule has 0 amide bonds. The molecule has 0 fully saturated rings. The molecule has 2 aromatic rings. The van der Waals surface area contributed by atoms with Gasteiger partial charge in [-0.3, -0.25) is 0 Å². The maximum atomic E-state index is 3.64. The van der Waals surface area contributed by atoms with Crippen molar-refractivity contribution >= 4 is 0 Å². The highest BCUT2D eigenvalue weighted by molar-refractivity contribution is 5.28. The van der Waals surface area contributed by atoms with E-state index in [9.17, 15) is 0 Å². The molecule has 0 aliphatic heterocycles. The molecule has 1 nitrogen and oxygen atoms in total. The molecule has 0 saturated heterocycles. The molecular weight excluding hydrogens is 230 g/mol. The second kappa shape index (κ2) is 6.53. The molecule has 2 aromatic carbocycles. The summed E-state index contributed by atoms with van der Waals surface area (Å²) >= 11 is 0. The Kier molecular flexibility index (Phi) is 4.75. The average molecular weight is 253 g/mol. The Labute approximate surface area is 116 Å². The van der Waals surface area contributed by atoms with Crippen LogP contribution in [0.3, 0.4) is 0 Å². The summed E-state index contributed by atoms with van der Waals surface area (Å²) in [5.41, 5.74) is 4.14. The molecule has 0 aliphatic rings. The van der Waals surface area contributed by atoms with E-state index in [1.54, 1.807) is 0 Å². The van der Waals surface area contributed by atoms with Crippen LogP contribution < -0.4 is 5.32 Å². The molecule has 19 heavy (non-hydrogen) atoms. The number of hydrogen-bond donors (Lipinski definition) is 1. The summed E-state index contributed by atoms with van der Waals surface area (Å²) in [7, 11) is 0. The van der Waals surface area contributed by atoms with Crippen LogP contribution in [0.4, 0.5) is 0 Å². The van der Waals surface area contributed by atoms with Gasteiger partial charge in [-0.1, -0.05) is 61.5 Å². The fraction of sp³-hybridized carbons (Fsp3) is 0.333. The molecule has 0 radical (unpaired) electrons. The quantitative estimate of drug-likeness (QED) is 0.830. The molecule has 2 atom stereocenters. The van der Waals surface area contributed by atoms with Crippen LogP contribution in [0.2, 0.25) is 0 Å². The number of benzene rings is 2. The summed E-state index contributed by atoms with van der Waals surface area (Å²) < 4.78 is 0. The lowest BCUT2D eigenvalue weighted by molar-refractivity contribution is 0.535. The first kappa shape index (κ1) is 13.8. The fourth-order valence-electron chi connectivity index (χ4n) is 2.44. The molecule has 0 spiro atoms. The third kappa shape index (κ3) is 3.68. The minimum absolute atomic E-state index is 0.396. The zero-order chi connectivity index (χ0) is 13.7. The average Bonchev–Trinajstić information content (AvgIpc) is 2.46. The van der Waals surface area contributed by atoms with Crippen molar-refractivity contribution in [3.8, 4) is 0 Å². The van der Waals surface area contributed by atoms with E-state index in [4.69, 9.17) is 0 Å². The van der Waals surface area contributed by atoms with Gasteiger partial charge in [0, 0.05) is 12.6 Å². The van der Waals surface area contributed by atoms with Gasteiger partial charge in [-0.05, 0) is 36.5 Å². The minimum atomic E-state index is 0.396. The van der Waals surface area contributed by atoms with Crippen molar-refractivity contribution < 1.29 is 0 Å². The van der Waals surface area contributed by atoms with Crippen LogP contribution in [-0.4, -0.2) is 6.54 Å². The van der Waals surface area contributed by atoms with E-state index in [1.165, 1.54) is 16.7 Å².